The Kier molecular flexibility index (Phi) is 5.25. The number of hydrogen-bond donors (Lipinski definition) is 1. The number of anilines is 1. The van der Waals surface area contributed by atoms with E-state index >= 15 is 0 Å². The summed E-state index contributed by atoms with van der Waals surface area (Å²) in [5, 5.41) is 14.4. The van der Waals surface area contributed by atoms with Gasteiger partial charge < -0.3 is 19.2 Å². The fraction of sp³-hybridized carbons (Fsp3) is 0.158. The first-order chi connectivity index (χ1) is 13.4. The zero-order chi connectivity index (χ0) is 20.3. The van der Waals surface area contributed by atoms with Crippen LogP contribution in [0.1, 0.15) is 6.92 Å². The second-order valence-corrected chi connectivity index (χ2v) is 5.84. The number of carbonyl (C=O) groups is 1. The van der Waals surface area contributed by atoms with Gasteiger partial charge in [-0.1, -0.05) is 0 Å². The van der Waals surface area contributed by atoms with E-state index in [0.717, 1.165) is 0 Å². The number of nitrogens with one attached hydrogen (secondary N) is 1. The second-order valence-electron chi connectivity index (χ2n) is 5.84. The number of nitro groups is 1. The van der Waals surface area contributed by atoms with Gasteiger partial charge in [-0.2, -0.15) is 0 Å². The maximum absolute atomic E-state index is 12.4. The number of nitrogens with zero attached hydrogens (tertiary/aromatic N) is 1. The summed E-state index contributed by atoms with van der Waals surface area (Å²) in [6.45, 7) is 1.50. The molecule has 1 N–H and O–H groups in total. The van der Waals surface area contributed by atoms with Crippen molar-refractivity contribution in [1.29, 1.82) is 0 Å². The predicted octanol–water partition coefficient (Wildman–Crippen LogP) is 3.12. The smallest absolute Gasteiger partial charge is 0.336 e. The topological polar surface area (TPSA) is 121 Å². The molecule has 0 fully saturated rings. The van der Waals surface area contributed by atoms with Crippen LogP contribution in [0.4, 0.5) is 11.4 Å². The first-order valence-electron chi connectivity index (χ1n) is 8.21. The molecule has 9 heteroatoms. The van der Waals surface area contributed by atoms with Crippen molar-refractivity contribution in [2.45, 2.75) is 13.0 Å². The van der Waals surface area contributed by atoms with Gasteiger partial charge in [0.25, 0.3) is 11.6 Å². The van der Waals surface area contributed by atoms with E-state index in [2.05, 4.69) is 5.32 Å². The third-order valence-electron chi connectivity index (χ3n) is 3.94. The maximum atomic E-state index is 12.4. The lowest BCUT2D eigenvalue weighted by atomic mass is 10.2. The average molecular weight is 384 g/mol. The lowest BCUT2D eigenvalue weighted by Crippen LogP contribution is -2.30. The quantitative estimate of drug-likeness (QED) is 0.394. The van der Waals surface area contributed by atoms with Gasteiger partial charge in [-0.25, -0.2) is 4.79 Å². The SMILES string of the molecule is COc1ccc(NC(=O)[C@H](C)Oc2ccc3ccc(=O)oc3c2)c([N+](=O)[O-])c1. The van der Waals surface area contributed by atoms with Gasteiger partial charge in [-0.15, -0.1) is 0 Å². The molecule has 0 aliphatic heterocycles. The van der Waals surface area contributed by atoms with Crippen LogP contribution < -0.4 is 20.4 Å². The van der Waals surface area contributed by atoms with Crippen molar-refractivity contribution in [3.8, 4) is 11.5 Å². The van der Waals surface area contributed by atoms with Crippen LogP contribution >= 0.6 is 0 Å². The third kappa shape index (κ3) is 4.09. The number of methoxy groups -OCH3 is 1. The molecule has 2 aromatic carbocycles. The molecule has 9 nitrogen and oxygen atoms in total. The van der Waals surface area contributed by atoms with Gasteiger partial charge in [-0.3, -0.25) is 14.9 Å². The van der Waals surface area contributed by atoms with Gasteiger partial charge in [0.1, 0.15) is 22.8 Å². The summed E-state index contributed by atoms with van der Waals surface area (Å²) in [7, 11) is 1.39. The highest BCUT2D eigenvalue weighted by Gasteiger charge is 2.21. The van der Waals surface area contributed by atoms with Gasteiger partial charge in [0.15, 0.2) is 6.10 Å². The largest absolute Gasteiger partial charge is 0.496 e. The number of nitro benzene ring substituents is 1. The Morgan fingerprint density at radius 2 is 1.86 bits per heavy atom. The lowest BCUT2D eigenvalue weighted by Gasteiger charge is -2.15. The average Bonchev–Trinajstić information content (AvgIpc) is 2.67. The van der Waals surface area contributed by atoms with E-state index in [1.54, 1.807) is 18.2 Å². The molecule has 28 heavy (non-hydrogen) atoms. The molecule has 0 saturated carbocycles. The van der Waals surface area contributed by atoms with Crippen molar-refractivity contribution >= 4 is 28.3 Å². The van der Waals surface area contributed by atoms with E-state index < -0.39 is 22.6 Å². The molecule has 0 bridgehead atoms. The maximum Gasteiger partial charge on any atom is 0.336 e. The third-order valence-corrected chi connectivity index (χ3v) is 3.94. The van der Waals surface area contributed by atoms with Crippen LogP contribution in [0, 0.1) is 10.1 Å². The molecular formula is C19H16N2O7. The highest BCUT2D eigenvalue weighted by molar-refractivity contribution is 5.96. The predicted molar refractivity (Wildman–Crippen MR) is 101 cm³/mol. The molecule has 144 valence electrons. The molecule has 0 unspecified atom stereocenters. The summed E-state index contributed by atoms with van der Waals surface area (Å²) in [6.07, 6.45) is -0.963. The van der Waals surface area contributed by atoms with E-state index in [9.17, 15) is 19.7 Å². The molecule has 3 aromatic rings. The fourth-order valence-electron chi connectivity index (χ4n) is 2.50. The summed E-state index contributed by atoms with van der Waals surface area (Å²) in [6, 6.07) is 11.8. The molecule has 1 atom stereocenters. The normalized spacial score (nSPS) is 11.6. The van der Waals surface area contributed by atoms with Crippen LogP contribution in [0.5, 0.6) is 11.5 Å². The first-order valence-corrected chi connectivity index (χ1v) is 8.21. The highest BCUT2D eigenvalue weighted by Crippen LogP contribution is 2.29. The molecule has 0 aliphatic carbocycles. The van der Waals surface area contributed by atoms with Crippen LogP contribution in [0.15, 0.2) is 57.7 Å². The minimum absolute atomic E-state index is 0.0239. The Labute approximate surface area is 158 Å². The van der Waals surface area contributed by atoms with Crippen LogP contribution in [-0.4, -0.2) is 24.0 Å². The number of benzene rings is 2. The van der Waals surface area contributed by atoms with Gasteiger partial charge in [0.05, 0.1) is 18.1 Å². The van der Waals surface area contributed by atoms with Crippen molar-refractivity contribution in [3.05, 3.63) is 69.1 Å². The summed E-state index contributed by atoms with van der Waals surface area (Å²) in [5.74, 6) is 0.0308. The van der Waals surface area contributed by atoms with E-state index in [0.29, 0.717) is 22.5 Å². The van der Waals surface area contributed by atoms with Gasteiger partial charge in [0.2, 0.25) is 0 Å². The number of amides is 1. The summed E-state index contributed by atoms with van der Waals surface area (Å²) >= 11 is 0. The molecular weight excluding hydrogens is 368 g/mol. The van der Waals surface area contributed by atoms with Crippen molar-refractivity contribution < 1.29 is 23.6 Å². The molecule has 0 radical (unpaired) electrons. The minimum Gasteiger partial charge on any atom is -0.496 e. The van der Waals surface area contributed by atoms with Crippen LogP contribution in [-0.2, 0) is 4.79 Å². The summed E-state index contributed by atoms with van der Waals surface area (Å²) in [4.78, 5) is 34.3. The van der Waals surface area contributed by atoms with E-state index in [4.69, 9.17) is 13.9 Å². The van der Waals surface area contributed by atoms with Crippen molar-refractivity contribution in [2.24, 2.45) is 0 Å². The van der Waals surface area contributed by atoms with Crippen molar-refractivity contribution in [1.82, 2.24) is 0 Å². The monoisotopic (exact) mass is 384 g/mol. The Hall–Kier alpha value is -3.88. The summed E-state index contributed by atoms with van der Waals surface area (Å²) < 4.78 is 15.6. The fourth-order valence-corrected chi connectivity index (χ4v) is 2.50. The molecule has 0 saturated heterocycles. The van der Waals surface area contributed by atoms with Crippen molar-refractivity contribution in [2.75, 3.05) is 12.4 Å². The molecule has 1 heterocycles. The lowest BCUT2D eigenvalue weighted by molar-refractivity contribution is -0.384. The van der Waals surface area contributed by atoms with Gasteiger partial charge in [-0.05, 0) is 37.3 Å². The van der Waals surface area contributed by atoms with Gasteiger partial charge in [0, 0.05) is 17.5 Å². The second kappa shape index (κ2) is 7.78. The highest BCUT2D eigenvalue weighted by atomic mass is 16.6. The molecule has 0 aliphatic rings. The van der Waals surface area contributed by atoms with Crippen molar-refractivity contribution in [3.63, 3.8) is 0 Å². The Bertz CT molecular complexity index is 1110. The number of carbonyl (C=O) groups excluding carboxylic acids is 1. The van der Waals surface area contributed by atoms with Crippen LogP contribution in [0.3, 0.4) is 0 Å². The number of ether oxygens (including phenoxy) is 2. The van der Waals surface area contributed by atoms with Crippen LogP contribution in [0.2, 0.25) is 0 Å². The van der Waals surface area contributed by atoms with E-state index in [1.165, 1.54) is 44.4 Å². The number of fused-ring (bicyclic) bond motifs is 1. The number of rotatable bonds is 6. The summed E-state index contributed by atoms with van der Waals surface area (Å²) in [5.41, 5.74) is -0.450. The standard InChI is InChI=1S/C19H16N2O7/c1-11(27-14-5-3-12-4-8-18(22)28-17(12)10-14)19(23)20-15-7-6-13(26-2)9-16(15)21(24)25/h3-11H,1-2H3,(H,20,23)/t11-/m0/s1. The van der Waals surface area contributed by atoms with E-state index in [1.807, 2.05) is 0 Å². The van der Waals surface area contributed by atoms with Crippen LogP contribution in [0.25, 0.3) is 11.0 Å². The molecule has 1 aromatic heterocycles. The number of hydrogen-bond acceptors (Lipinski definition) is 7. The Morgan fingerprint density at radius 1 is 1.14 bits per heavy atom. The van der Waals surface area contributed by atoms with Gasteiger partial charge >= 0.3 is 5.63 Å². The zero-order valence-corrected chi connectivity index (χ0v) is 15.0. The van der Waals surface area contributed by atoms with E-state index in [-0.39, 0.29) is 11.4 Å². The molecule has 0 spiro atoms. The first kappa shape index (κ1) is 18.9. The molecule has 3 rings (SSSR count). The Morgan fingerprint density at radius 3 is 2.57 bits per heavy atom. The minimum atomic E-state index is -0.963. The Balaban J connectivity index is 1.76. The zero-order valence-electron chi connectivity index (χ0n) is 15.0. The molecule has 1 amide bonds.